The van der Waals surface area contributed by atoms with E-state index in [9.17, 15) is 20.4 Å². The summed E-state index contributed by atoms with van der Waals surface area (Å²) in [4.78, 5) is 2.03. The Hall–Kier alpha value is -2.52. The van der Waals surface area contributed by atoms with Crippen molar-refractivity contribution in [1.29, 1.82) is 0 Å². The topological polar surface area (TPSA) is 116 Å². The van der Waals surface area contributed by atoms with E-state index in [0.29, 0.717) is 53.0 Å². The van der Waals surface area contributed by atoms with Gasteiger partial charge >= 0.3 is 17.6 Å². The molecule has 1 N–H and O–H groups in total. The molecule has 0 fully saturated rings. The van der Waals surface area contributed by atoms with Gasteiger partial charge in [-0.05, 0) is 72.1 Å². The first-order valence-corrected chi connectivity index (χ1v) is 13.4. The first kappa shape index (κ1) is 37.5. The van der Waals surface area contributed by atoms with Crippen LogP contribution in [0.15, 0.2) is 36.4 Å². The van der Waals surface area contributed by atoms with Crippen molar-refractivity contribution in [1.82, 2.24) is 4.90 Å². The molecule has 0 heterocycles. The van der Waals surface area contributed by atoms with Crippen LogP contribution in [0.2, 0.25) is 0 Å². The smallest absolute Gasteiger partial charge is 0.872 e. The molecule has 3 aromatic rings. The van der Waals surface area contributed by atoms with Crippen LogP contribution in [0, 0.1) is 41.5 Å². The Morgan fingerprint density at radius 2 is 0.775 bits per heavy atom. The van der Waals surface area contributed by atoms with E-state index in [1.54, 1.807) is 27.7 Å². The van der Waals surface area contributed by atoms with Gasteiger partial charge < -0.3 is 25.5 Å². The maximum Gasteiger partial charge on any atom is 4.00 e. The summed E-state index contributed by atoms with van der Waals surface area (Å²) in [6, 6.07) is 11.4. The Morgan fingerprint density at radius 1 is 0.575 bits per heavy atom. The van der Waals surface area contributed by atoms with E-state index < -0.39 is 6.10 Å². The average Bonchev–Trinajstić information content (AvgIpc) is 2.77. The maximum atomic E-state index is 12.8. The van der Waals surface area contributed by atoms with Gasteiger partial charge in [-0.3, -0.25) is 4.90 Å². The van der Waals surface area contributed by atoms with Gasteiger partial charge in [0.1, 0.15) is 0 Å². The van der Waals surface area contributed by atoms with Gasteiger partial charge in [0.25, 0.3) is 0 Å². The first-order valence-electron chi connectivity index (χ1n) is 13.4. The van der Waals surface area contributed by atoms with E-state index >= 15 is 0 Å². The molecule has 3 rings (SSSR count). The number of benzene rings is 3. The van der Waals surface area contributed by atoms with E-state index in [-0.39, 0.29) is 40.9 Å². The van der Waals surface area contributed by atoms with Crippen LogP contribution < -0.4 is 20.4 Å². The molecule has 0 aromatic heterocycles. The number of rotatable bonds is 6. The Morgan fingerprint density at radius 3 is 0.975 bits per heavy atom. The number of hydrogen-bond donors (Lipinski definition) is 1. The minimum Gasteiger partial charge on any atom is -0.872 e. The number of aliphatic hydroxyl groups excluding tert-OH is 1. The van der Waals surface area contributed by atoms with E-state index in [2.05, 4.69) is 0 Å². The second kappa shape index (κ2) is 17.3. The van der Waals surface area contributed by atoms with Crippen molar-refractivity contribution in [2.24, 2.45) is 0 Å². The number of nitrogens with zero attached hydrogens (tertiary/aromatic N) is 1. The molecule has 3 aromatic carbocycles. The quantitative estimate of drug-likeness (QED) is 0.427. The van der Waals surface area contributed by atoms with Crippen LogP contribution in [-0.4, -0.2) is 39.8 Å². The number of hydrogen-bond acceptors (Lipinski definition) is 6. The molecule has 0 saturated carbocycles. The molecule has 0 amide bonds. The normalized spacial score (nSPS) is 10.6. The van der Waals surface area contributed by atoms with Crippen LogP contribution in [0.25, 0.3) is 0 Å². The molecule has 7 heteroatoms. The largest absolute Gasteiger partial charge is 4.00 e. The summed E-state index contributed by atoms with van der Waals surface area (Å²) in [7, 11) is 0. The monoisotopic (exact) mass is 609 g/mol. The molecule has 0 atom stereocenters. The Balaban J connectivity index is 0.00000149. The van der Waals surface area contributed by atoms with E-state index in [1.165, 1.54) is 0 Å². The van der Waals surface area contributed by atoms with Gasteiger partial charge in [0.15, 0.2) is 0 Å². The van der Waals surface area contributed by atoms with Gasteiger partial charge in [-0.2, -0.15) is 0 Å². The summed E-state index contributed by atoms with van der Waals surface area (Å²) in [6.45, 7) is 19.2. The van der Waals surface area contributed by atoms with Crippen molar-refractivity contribution < 1.29 is 25.5 Å². The molecule has 216 valence electrons. The van der Waals surface area contributed by atoms with Crippen molar-refractivity contribution in [3.63, 3.8) is 0 Å². The molecule has 0 aliphatic rings. The zero-order valence-corrected chi connectivity index (χ0v) is 27.9. The fourth-order valence-electron chi connectivity index (χ4n) is 4.37. The third-order valence-electron chi connectivity index (χ3n) is 5.67. The van der Waals surface area contributed by atoms with Crippen LogP contribution in [0.1, 0.15) is 77.8 Å². The Bertz CT molecular complexity index is 1070. The predicted molar refractivity (Wildman–Crippen MR) is 157 cm³/mol. The van der Waals surface area contributed by atoms with Gasteiger partial charge in [-0.15, -0.1) is 23.4 Å². The standard InChI is InChI=1S/C27H33NO3.C3H8O.C3H7O.Ge/c1-16-7-19(4)25(29)22(10-16)13-28(14-23-11-17(2)8-20(5)26(23)30)15-24-12-18(3)9-21(6)27(24)31;2*1-3(2)4;/h7-12,29-31H,13-15H2,1-6H3;3-4H,1-2H3;3H,1-2H3;/q;;-1;+4/p-3. The number of aryl methyl sites for hydroxylation is 6. The molecule has 40 heavy (non-hydrogen) atoms. The first-order chi connectivity index (χ1) is 18.0. The Labute approximate surface area is 252 Å². The fourth-order valence-corrected chi connectivity index (χ4v) is 4.37. The van der Waals surface area contributed by atoms with Crippen LogP contribution in [0.5, 0.6) is 17.2 Å². The average molecular weight is 608 g/mol. The Kier molecular flexibility index (Phi) is 16.2. The summed E-state index contributed by atoms with van der Waals surface area (Å²) >= 11 is 0. The van der Waals surface area contributed by atoms with Crippen LogP contribution in [0.4, 0.5) is 0 Å². The van der Waals surface area contributed by atoms with Gasteiger partial charge in [-0.1, -0.05) is 83.6 Å². The van der Waals surface area contributed by atoms with E-state index in [4.69, 9.17) is 5.11 Å². The molecule has 0 radical (unpaired) electrons. The van der Waals surface area contributed by atoms with Crippen molar-refractivity contribution in [3.8, 4) is 17.2 Å². The van der Waals surface area contributed by atoms with Crippen LogP contribution in [-0.2, 0) is 19.6 Å². The SMILES string of the molecule is CC(C)O.CC(C)[O-].Cc1cc(C)c([O-])c(CN(Cc2cc(C)cc(C)c2[O-])Cc2cc(C)cc(C)c2[O-])c1.[Ge+4]. The van der Waals surface area contributed by atoms with Crippen molar-refractivity contribution >= 4 is 17.6 Å². The molecule has 0 aliphatic heterocycles. The summed E-state index contributed by atoms with van der Waals surface area (Å²) in [6.07, 6.45) is -0.583. The van der Waals surface area contributed by atoms with Crippen molar-refractivity contribution in [2.45, 2.75) is 101 Å². The molecule has 0 bridgehead atoms. The van der Waals surface area contributed by atoms with Crippen LogP contribution >= 0.6 is 0 Å². The van der Waals surface area contributed by atoms with E-state index in [0.717, 1.165) is 16.7 Å². The third kappa shape index (κ3) is 12.8. The molecule has 6 nitrogen and oxygen atoms in total. The maximum absolute atomic E-state index is 12.8. The minimum atomic E-state index is -0.417. The summed E-state index contributed by atoms with van der Waals surface area (Å²) in [5, 5.41) is 55.9. The summed E-state index contributed by atoms with van der Waals surface area (Å²) in [5.41, 5.74) is 7.27. The molecule has 0 saturated heterocycles. The van der Waals surface area contributed by atoms with Gasteiger partial charge in [0.2, 0.25) is 0 Å². The fraction of sp³-hybridized carbons (Fsp3) is 0.455. The van der Waals surface area contributed by atoms with Crippen LogP contribution in [0.3, 0.4) is 0 Å². The molecular formula is C33H45GeNO5. The minimum absolute atomic E-state index is 0. The molecular weight excluding hydrogens is 563 g/mol. The molecule has 0 spiro atoms. The van der Waals surface area contributed by atoms with Crippen molar-refractivity contribution in [2.75, 3.05) is 0 Å². The molecule has 0 unspecified atom stereocenters. The summed E-state index contributed by atoms with van der Waals surface area (Å²) < 4.78 is 0. The third-order valence-corrected chi connectivity index (χ3v) is 5.67. The second-order valence-electron chi connectivity index (χ2n) is 11.0. The zero-order valence-electron chi connectivity index (χ0n) is 25.8. The zero-order chi connectivity index (χ0) is 30.0. The van der Waals surface area contributed by atoms with Gasteiger partial charge in [0.05, 0.1) is 0 Å². The van der Waals surface area contributed by atoms with Crippen molar-refractivity contribution in [3.05, 3.63) is 86.5 Å². The van der Waals surface area contributed by atoms with E-state index in [1.807, 2.05) is 82.8 Å². The summed E-state index contributed by atoms with van der Waals surface area (Å²) in [5.74, 6) is 0.0448. The molecule has 0 aliphatic carbocycles. The number of aliphatic hydroxyl groups is 1. The van der Waals surface area contributed by atoms with Gasteiger partial charge in [-0.25, -0.2) is 0 Å². The predicted octanol–water partition coefficient (Wildman–Crippen LogP) is 3.72. The van der Waals surface area contributed by atoms with Gasteiger partial charge in [0, 0.05) is 25.7 Å². The second-order valence-corrected chi connectivity index (χ2v) is 11.0.